The molecule has 0 unspecified atom stereocenters. The van der Waals surface area contributed by atoms with Gasteiger partial charge < -0.3 is 5.11 Å². The molecule has 1 N–H and O–H groups in total. The van der Waals surface area contributed by atoms with Gasteiger partial charge in [-0.25, -0.2) is 4.90 Å². The second-order valence-electron chi connectivity index (χ2n) is 9.39. The maximum atomic E-state index is 12.9. The molecule has 1 heterocycles. The number of hydrogen-bond acceptors (Lipinski definition) is 3. The van der Waals surface area contributed by atoms with E-state index in [0.717, 1.165) is 22.7 Å². The van der Waals surface area contributed by atoms with Crippen molar-refractivity contribution >= 4 is 17.5 Å². The van der Waals surface area contributed by atoms with E-state index >= 15 is 0 Å². The summed E-state index contributed by atoms with van der Waals surface area (Å²) >= 11 is 0. The van der Waals surface area contributed by atoms with E-state index in [2.05, 4.69) is 0 Å². The van der Waals surface area contributed by atoms with Crippen LogP contribution in [0.15, 0.2) is 42.5 Å². The van der Waals surface area contributed by atoms with Gasteiger partial charge in [0.05, 0.1) is 16.8 Å². The lowest BCUT2D eigenvalue weighted by atomic mass is 9.48. The smallest absolute Gasteiger partial charge is 0.266 e. The predicted molar refractivity (Wildman–Crippen MR) is 106 cm³/mol. The van der Waals surface area contributed by atoms with Gasteiger partial charge in [-0.2, -0.15) is 0 Å². The Morgan fingerprint density at radius 2 is 1.36 bits per heavy atom. The van der Waals surface area contributed by atoms with Gasteiger partial charge in [0.1, 0.15) is 5.75 Å². The largest absolute Gasteiger partial charge is 0.506 e. The molecular weight excluding hydrogens is 350 g/mol. The SMILES string of the molecule is O=C1c2ccccc2C(=O)N1c1cc(C23CC4CC(CC(C4)C2)C3)ccc1O. The third kappa shape index (κ3) is 2.12. The first kappa shape index (κ1) is 16.3. The monoisotopic (exact) mass is 373 g/mol. The molecule has 0 aromatic heterocycles. The van der Waals surface area contributed by atoms with E-state index in [4.69, 9.17) is 0 Å². The number of imide groups is 1. The molecule has 1 aliphatic heterocycles. The minimum absolute atomic E-state index is 0.0111. The standard InChI is InChI=1S/C24H23NO3/c26-21-6-5-17(24-11-14-7-15(12-24)9-16(8-14)13-24)10-20(21)25-22(27)18-3-1-2-4-19(18)23(25)28/h1-6,10,14-16,26H,7-9,11-13H2. The molecule has 0 radical (unpaired) electrons. The fourth-order valence-electron chi connectivity index (χ4n) is 6.90. The lowest BCUT2D eigenvalue weighted by molar-refractivity contribution is -0.00519. The molecule has 2 amide bonds. The molecule has 28 heavy (non-hydrogen) atoms. The number of carbonyl (C=O) groups is 2. The number of benzene rings is 2. The van der Waals surface area contributed by atoms with Gasteiger partial charge in [0, 0.05) is 0 Å². The van der Waals surface area contributed by atoms with Crippen molar-refractivity contribution < 1.29 is 14.7 Å². The Morgan fingerprint density at radius 3 is 1.89 bits per heavy atom. The van der Waals surface area contributed by atoms with Crippen LogP contribution in [0.4, 0.5) is 5.69 Å². The summed E-state index contributed by atoms with van der Waals surface area (Å²) in [7, 11) is 0. The number of phenolic OH excluding ortho intramolecular Hbond substituents is 1. The third-order valence-electron chi connectivity index (χ3n) is 7.66. The lowest BCUT2D eigenvalue weighted by Gasteiger charge is -2.57. The van der Waals surface area contributed by atoms with Crippen molar-refractivity contribution in [3.05, 3.63) is 59.2 Å². The number of aromatic hydroxyl groups is 1. The first-order valence-electron chi connectivity index (χ1n) is 10.4. The molecule has 7 rings (SSSR count). The van der Waals surface area contributed by atoms with Crippen LogP contribution in [0.1, 0.15) is 64.8 Å². The van der Waals surface area contributed by atoms with Crippen LogP contribution in [0.2, 0.25) is 0 Å². The summed E-state index contributed by atoms with van der Waals surface area (Å²) in [6.07, 6.45) is 7.69. The fourth-order valence-corrected chi connectivity index (χ4v) is 6.90. The second-order valence-corrected chi connectivity index (χ2v) is 9.39. The maximum absolute atomic E-state index is 12.9. The van der Waals surface area contributed by atoms with Gasteiger partial charge in [0.15, 0.2) is 0 Å². The Bertz CT molecular complexity index is 954. The quantitative estimate of drug-likeness (QED) is 0.779. The highest BCUT2D eigenvalue weighted by Gasteiger charge is 2.52. The van der Waals surface area contributed by atoms with Crippen LogP contribution in [0.25, 0.3) is 0 Å². The first-order chi connectivity index (χ1) is 13.5. The van der Waals surface area contributed by atoms with Crippen molar-refractivity contribution in [1.29, 1.82) is 0 Å². The molecule has 0 spiro atoms. The predicted octanol–water partition coefficient (Wildman–Crippen LogP) is 4.66. The third-order valence-corrected chi connectivity index (χ3v) is 7.66. The zero-order valence-electron chi connectivity index (χ0n) is 15.7. The average molecular weight is 373 g/mol. The van der Waals surface area contributed by atoms with E-state index in [1.54, 1.807) is 30.3 Å². The summed E-state index contributed by atoms with van der Waals surface area (Å²) in [6.45, 7) is 0. The van der Waals surface area contributed by atoms with Crippen molar-refractivity contribution in [2.24, 2.45) is 17.8 Å². The molecule has 2 aromatic carbocycles. The average Bonchev–Trinajstić information content (AvgIpc) is 2.92. The molecule has 4 heteroatoms. The van der Waals surface area contributed by atoms with Gasteiger partial charge in [0.25, 0.3) is 11.8 Å². The first-order valence-corrected chi connectivity index (χ1v) is 10.4. The van der Waals surface area contributed by atoms with Gasteiger partial charge in [-0.05, 0) is 91.5 Å². The van der Waals surface area contributed by atoms with Crippen molar-refractivity contribution in [3.63, 3.8) is 0 Å². The summed E-state index contributed by atoms with van der Waals surface area (Å²) in [4.78, 5) is 27.0. The molecule has 4 saturated carbocycles. The Balaban J connectivity index is 1.43. The van der Waals surface area contributed by atoms with E-state index in [1.165, 1.54) is 44.1 Å². The van der Waals surface area contributed by atoms with Crippen LogP contribution in [-0.4, -0.2) is 16.9 Å². The van der Waals surface area contributed by atoms with Crippen molar-refractivity contribution in [3.8, 4) is 5.75 Å². The summed E-state index contributed by atoms with van der Waals surface area (Å²) in [5.74, 6) is 1.72. The summed E-state index contributed by atoms with van der Waals surface area (Å²) in [6, 6.07) is 12.5. The van der Waals surface area contributed by atoms with Crippen LogP contribution >= 0.6 is 0 Å². The zero-order valence-corrected chi connectivity index (χ0v) is 15.7. The van der Waals surface area contributed by atoms with Gasteiger partial charge >= 0.3 is 0 Å². The Hall–Kier alpha value is -2.62. The molecule has 0 atom stereocenters. The molecule has 4 nitrogen and oxygen atoms in total. The van der Waals surface area contributed by atoms with Crippen LogP contribution in [0.3, 0.4) is 0 Å². The highest BCUT2D eigenvalue weighted by Crippen LogP contribution is 2.61. The van der Waals surface area contributed by atoms with Crippen LogP contribution in [0.5, 0.6) is 5.75 Å². The van der Waals surface area contributed by atoms with Crippen molar-refractivity contribution in [1.82, 2.24) is 0 Å². The van der Waals surface area contributed by atoms with E-state index in [1.807, 2.05) is 12.1 Å². The van der Waals surface area contributed by atoms with E-state index in [9.17, 15) is 14.7 Å². The fraction of sp³-hybridized carbons (Fsp3) is 0.417. The Morgan fingerprint density at radius 1 is 0.821 bits per heavy atom. The van der Waals surface area contributed by atoms with Crippen LogP contribution in [-0.2, 0) is 5.41 Å². The molecule has 5 aliphatic rings. The number of amides is 2. The Kier molecular flexibility index (Phi) is 3.19. The summed E-state index contributed by atoms with van der Waals surface area (Å²) in [5, 5.41) is 10.5. The van der Waals surface area contributed by atoms with Gasteiger partial charge in [-0.3, -0.25) is 9.59 Å². The molecule has 142 valence electrons. The molecule has 4 bridgehead atoms. The van der Waals surface area contributed by atoms with E-state index in [-0.39, 0.29) is 23.0 Å². The number of phenols is 1. The number of carbonyl (C=O) groups excluding carboxylic acids is 2. The summed E-state index contributed by atoms with van der Waals surface area (Å²) in [5.41, 5.74) is 2.49. The van der Waals surface area contributed by atoms with Crippen molar-refractivity contribution in [2.75, 3.05) is 4.90 Å². The van der Waals surface area contributed by atoms with Gasteiger partial charge in [-0.15, -0.1) is 0 Å². The van der Waals surface area contributed by atoms with E-state index in [0.29, 0.717) is 16.8 Å². The molecule has 4 aliphatic carbocycles. The number of fused-ring (bicyclic) bond motifs is 1. The number of anilines is 1. The minimum atomic E-state index is -0.349. The molecule has 4 fully saturated rings. The Labute approximate surface area is 164 Å². The second kappa shape index (κ2) is 5.47. The molecular formula is C24H23NO3. The highest BCUT2D eigenvalue weighted by molar-refractivity contribution is 6.34. The molecule has 0 saturated heterocycles. The van der Waals surface area contributed by atoms with Crippen LogP contribution < -0.4 is 4.90 Å². The van der Waals surface area contributed by atoms with Crippen molar-refractivity contribution in [2.45, 2.75) is 43.9 Å². The normalized spacial score (nSPS) is 32.9. The maximum Gasteiger partial charge on any atom is 0.266 e. The van der Waals surface area contributed by atoms with Crippen LogP contribution in [0, 0.1) is 17.8 Å². The highest BCUT2D eigenvalue weighted by atomic mass is 16.3. The lowest BCUT2D eigenvalue weighted by Crippen LogP contribution is -2.48. The topological polar surface area (TPSA) is 57.6 Å². The summed E-state index contributed by atoms with van der Waals surface area (Å²) < 4.78 is 0. The van der Waals surface area contributed by atoms with E-state index < -0.39 is 0 Å². The van der Waals surface area contributed by atoms with Gasteiger partial charge in [0.2, 0.25) is 0 Å². The molecule has 2 aromatic rings. The number of nitrogens with zero attached hydrogens (tertiary/aromatic N) is 1. The zero-order chi connectivity index (χ0) is 19.0. The number of rotatable bonds is 2. The number of hydrogen-bond donors (Lipinski definition) is 1. The van der Waals surface area contributed by atoms with Gasteiger partial charge in [-0.1, -0.05) is 18.2 Å². The minimum Gasteiger partial charge on any atom is -0.506 e.